The Hall–Kier alpha value is -1.73. The number of aromatic nitrogens is 2. The van der Waals surface area contributed by atoms with E-state index in [9.17, 15) is 4.79 Å². The van der Waals surface area contributed by atoms with Gasteiger partial charge in [0, 0.05) is 49.0 Å². The van der Waals surface area contributed by atoms with Crippen LogP contribution >= 0.6 is 0 Å². The van der Waals surface area contributed by atoms with Crippen LogP contribution < -0.4 is 10.6 Å². The third kappa shape index (κ3) is 3.80. The lowest BCUT2D eigenvalue weighted by Crippen LogP contribution is -2.53. The van der Waals surface area contributed by atoms with Gasteiger partial charge in [0.05, 0.1) is 0 Å². The largest absolute Gasteiger partial charge is 0.355 e. The van der Waals surface area contributed by atoms with E-state index in [0.29, 0.717) is 5.82 Å². The van der Waals surface area contributed by atoms with Gasteiger partial charge in [-0.05, 0) is 53.6 Å². The zero-order valence-corrected chi connectivity index (χ0v) is 17.5. The van der Waals surface area contributed by atoms with Gasteiger partial charge in [0.2, 0.25) is 5.82 Å². The maximum atomic E-state index is 13.1. The van der Waals surface area contributed by atoms with Crippen LogP contribution in [0, 0.1) is 13.8 Å². The van der Waals surface area contributed by atoms with Crippen molar-refractivity contribution in [2.45, 2.75) is 58.0 Å². The first kappa shape index (κ1) is 20.0. The number of nitrogens with zero attached hydrogens (tertiary/aromatic N) is 5. The summed E-state index contributed by atoms with van der Waals surface area (Å²) in [6, 6.07) is 0.175. The van der Waals surface area contributed by atoms with E-state index >= 15 is 0 Å². The Morgan fingerprint density at radius 1 is 1.22 bits per heavy atom. The van der Waals surface area contributed by atoms with Gasteiger partial charge in [-0.15, -0.1) is 0 Å². The quantitative estimate of drug-likeness (QED) is 0.862. The van der Waals surface area contributed by atoms with E-state index in [4.69, 9.17) is 5.73 Å². The third-order valence-corrected chi connectivity index (χ3v) is 6.67. The summed E-state index contributed by atoms with van der Waals surface area (Å²) in [4.78, 5) is 28.7. The van der Waals surface area contributed by atoms with Crippen LogP contribution in [0.4, 0.5) is 5.82 Å². The van der Waals surface area contributed by atoms with Crippen LogP contribution in [-0.2, 0) is 0 Å². The molecule has 2 aliphatic heterocycles. The van der Waals surface area contributed by atoms with Crippen molar-refractivity contribution in [2.24, 2.45) is 5.73 Å². The minimum atomic E-state index is -0.0497. The van der Waals surface area contributed by atoms with E-state index in [0.717, 1.165) is 68.9 Å². The lowest BCUT2D eigenvalue weighted by atomic mass is 9.84. The van der Waals surface area contributed by atoms with E-state index in [1.54, 1.807) is 0 Å². The number of likely N-dealkylation sites (tertiary alicyclic amines) is 1. The molecule has 0 radical (unpaired) electrons. The molecule has 1 aromatic rings. The molecule has 0 bridgehead atoms. The van der Waals surface area contributed by atoms with Gasteiger partial charge in [0.1, 0.15) is 5.82 Å². The summed E-state index contributed by atoms with van der Waals surface area (Å²) in [6.45, 7) is 9.40. The van der Waals surface area contributed by atoms with Gasteiger partial charge in [0.25, 0.3) is 5.91 Å². The Bertz CT molecular complexity index is 696. The highest BCUT2D eigenvalue weighted by atomic mass is 16.2. The van der Waals surface area contributed by atoms with E-state index in [1.165, 1.54) is 0 Å². The number of amides is 1. The molecular weight excluding hydrogens is 340 g/mol. The molecule has 0 unspecified atom stereocenters. The SMILES string of the molecule is CCC1(N(C)C)CCN(C(=O)c2nc(C)c(C)c(N3CC[C@@H](N)C3)n2)CC1. The molecule has 0 spiro atoms. The van der Waals surface area contributed by atoms with Crippen molar-refractivity contribution in [1.82, 2.24) is 19.8 Å². The fraction of sp³-hybridized carbons (Fsp3) is 0.750. The number of hydrogen-bond acceptors (Lipinski definition) is 6. The number of hydrogen-bond donors (Lipinski definition) is 1. The highest BCUT2D eigenvalue weighted by Crippen LogP contribution is 2.31. The number of carbonyl (C=O) groups is 1. The maximum Gasteiger partial charge on any atom is 0.291 e. The number of anilines is 1. The molecule has 3 rings (SSSR count). The first-order valence-electron chi connectivity index (χ1n) is 10.1. The van der Waals surface area contributed by atoms with Gasteiger partial charge in [0.15, 0.2) is 0 Å². The van der Waals surface area contributed by atoms with Crippen molar-refractivity contribution in [3.8, 4) is 0 Å². The Kier molecular flexibility index (Phi) is 5.72. The highest BCUT2D eigenvalue weighted by Gasteiger charge is 2.37. The first-order valence-corrected chi connectivity index (χ1v) is 10.1. The van der Waals surface area contributed by atoms with E-state index in [2.05, 4.69) is 40.8 Å². The summed E-state index contributed by atoms with van der Waals surface area (Å²) in [6.07, 6.45) is 4.03. The maximum absolute atomic E-state index is 13.1. The number of nitrogens with two attached hydrogens (primary N) is 1. The lowest BCUT2D eigenvalue weighted by Gasteiger charge is -2.45. The first-order chi connectivity index (χ1) is 12.8. The lowest BCUT2D eigenvalue weighted by molar-refractivity contribution is 0.0401. The van der Waals surface area contributed by atoms with Crippen molar-refractivity contribution in [3.05, 3.63) is 17.1 Å². The molecule has 1 aromatic heterocycles. The molecule has 2 N–H and O–H groups in total. The molecule has 7 heteroatoms. The van der Waals surface area contributed by atoms with Crippen LogP contribution in [0.1, 0.15) is 54.5 Å². The average Bonchev–Trinajstić information content (AvgIpc) is 3.09. The monoisotopic (exact) mass is 374 g/mol. The molecule has 150 valence electrons. The fourth-order valence-electron chi connectivity index (χ4n) is 4.38. The number of piperidine rings is 1. The molecular formula is C20H34N6O. The molecule has 0 aromatic carbocycles. The normalized spacial score (nSPS) is 22.6. The molecule has 7 nitrogen and oxygen atoms in total. The third-order valence-electron chi connectivity index (χ3n) is 6.67. The minimum Gasteiger partial charge on any atom is -0.355 e. The average molecular weight is 375 g/mol. The van der Waals surface area contributed by atoms with Crippen molar-refractivity contribution >= 4 is 11.7 Å². The summed E-state index contributed by atoms with van der Waals surface area (Å²) >= 11 is 0. The Morgan fingerprint density at radius 3 is 2.41 bits per heavy atom. The molecule has 2 saturated heterocycles. The predicted molar refractivity (Wildman–Crippen MR) is 108 cm³/mol. The van der Waals surface area contributed by atoms with E-state index in [-0.39, 0.29) is 17.5 Å². The number of carbonyl (C=O) groups excluding carboxylic acids is 1. The molecule has 2 fully saturated rings. The van der Waals surface area contributed by atoms with Crippen LogP contribution in [0.25, 0.3) is 0 Å². The number of rotatable bonds is 4. The van der Waals surface area contributed by atoms with E-state index in [1.807, 2.05) is 18.7 Å². The Labute approximate surface area is 162 Å². The zero-order valence-electron chi connectivity index (χ0n) is 17.5. The summed E-state index contributed by atoms with van der Waals surface area (Å²) < 4.78 is 0. The Morgan fingerprint density at radius 2 is 1.89 bits per heavy atom. The minimum absolute atomic E-state index is 0.0497. The highest BCUT2D eigenvalue weighted by molar-refractivity contribution is 5.91. The summed E-state index contributed by atoms with van der Waals surface area (Å²) in [7, 11) is 4.28. The molecule has 0 aliphatic carbocycles. The summed E-state index contributed by atoms with van der Waals surface area (Å²) in [5.74, 6) is 1.14. The predicted octanol–water partition coefficient (Wildman–Crippen LogP) is 1.58. The van der Waals surface area contributed by atoms with Crippen LogP contribution in [0.2, 0.25) is 0 Å². The van der Waals surface area contributed by atoms with Gasteiger partial charge >= 0.3 is 0 Å². The van der Waals surface area contributed by atoms with Crippen LogP contribution in [0.15, 0.2) is 0 Å². The van der Waals surface area contributed by atoms with Gasteiger partial charge in [-0.3, -0.25) is 4.79 Å². The second kappa shape index (κ2) is 7.72. The van der Waals surface area contributed by atoms with Crippen molar-refractivity contribution in [3.63, 3.8) is 0 Å². The fourth-order valence-corrected chi connectivity index (χ4v) is 4.38. The molecule has 2 aliphatic rings. The van der Waals surface area contributed by atoms with Crippen LogP contribution in [0.5, 0.6) is 0 Å². The standard InChI is InChI=1S/C20H34N6O/c1-6-20(24(4)5)8-11-25(12-9-20)19(27)17-22-15(3)14(2)18(23-17)26-10-7-16(21)13-26/h16H,6-13,21H2,1-5H3/t16-/m1/s1. The van der Waals surface area contributed by atoms with Crippen LogP contribution in [-0.4, -0.2) is 77.5 Å². The summed E-state index contributed by atoms with van der Waals surface area (Å²) in [5.41, 5.74) is 8.17. The second-order valence-electron chi connectivity index (χ2n) is 8.34. The topological polar surface area (TPSA) is 78.6 Å². The molecule has 1 atom stereocenters. The smallest absolute Gasteiger partial charge is 0.291 e. The zero-order chi connectivity index (χ0) is 19.8. The number of aryl methyl sites for hydroxylation is 1. The molecule has 27 heavy (non-hydrogen) atoms. The van der Waals surface area contributed by atoms with Gasteiger partial charge in [-0.2, -0.15) is 0 Å². The summed E-state index contributed by atoms with van der Waals surface area (Å²) in [5, 5.41) is 0. The van der Waals surface area contributed by atoms with Gasteiger partial charge in [-0.1, -0.05) is 6.92 Å². The van der Waals surface area contributed by atoms with Crippen molar-refractivity contribution in [1.29, 1.82) is 0 Å². The second-order valence-corrected chi connectivity index (χ2v) is 8.34. The van der Waals surface area contributed by atoms with Crippen molar-refractivity contribution in [2.75, 3.05) is 45.2 Å². The van der Waals surface area contributed by atoms with Gasteiger partial charge in [-0.25, -0.2) is 9.97 Å². The molecule has 3 heterocycles. The Balaban J connectivity index is 1.79. The molecule has 0 saturated carbocycles. The van der Waals surface area contributed by atoms with E-state index < -0.39 is 0 Å². The van der Waals surface area contributed by atoms with Crippen molar-refractivity contribution < 1.29 is 4.79 Å². The van der Waals surface area contributed by atoms with Crippen LogP contribution in [0.3, 0.4) is 0 Å². The van der Waals surface area contributed by atoms with Gasteiger partial charge < -0.3 is 20.4 Å². The molecule has 1 amide bonds.